The van der Waals surface area contributed by atoms with Gasteiger partial charge >= 0.3 is 11.9 Å². The Hall–Kier alpha value is -2.96. The number of rotatable bonds is 6. The number of aromatic nitrogens is 1. The van der Waals surface area contributed by atoms with E-state index in [9.17, 15) is 18.8 Å². The third-order valence-electron chi connectivity index (χ3n) is 5.45. The quantitative estimate of drug-likeness (QED) is 0.608. The second-order valence-electron chi connectivity index (χ2n) is 6.91. The molecule has 1 N–H and O–H groups in total. The molecule has 1 aliphatic carbocycles. The van der Waals surface area contributed by atoms with E-state index in [-0.39, 0.29) is 5.82 Å². The van der Waals surface area contributed by atoms with Crippen LogP contribution in [0.25, 0.3) is 11.1 Å². The first-order valence-corrected chi connectivity index (χ1v) is 9.08. The normalized spacial score (nSPS) is 15.4. The summed E-state index contributed by atoms with van der Waals surface area (Å²) in [6, 6.07) is 7.77. The average Bonchev–Trinajstić information content (AvgIpc) is 3.38. The summed E-state index contributed by atoms with van der Waals surface area (Å²) in [5.41, 5.74) is 1.06. The zero-order chi connectivity index (χ0) is 20.3. The van der Waals surface area contributed by atoms with Gasteiger partial charge in [0.25, 0.3) is 0 Å². The molecule has 2 aromatic rings. The van der Waals surface area contributed by atoms with E-state index < -0.39 is 29.1 Å². The van der Waals surface area contributed by atoms with Crippen LogP contribution in [0.5, 0.6) is 0 Å². The maximum atomic E-state index is 13.5. The van der Waals surface area contributed by atoms with Crippen molar-refractivity contribution in [1.29, 1.82) is 0 Å². The Kier molecular flexibility index (Phi) is 5.63. The third kappa shape index (κ3) is 3.32. The molecule has 148 valence electrons. The fraction of sp³-hybridized carbons (Fsp3) is 0.381. The molecule has 1 heterocycles. The number of hydrogen-bond donors (Lipinski definition) is 1. The fourth-order valence-corrected chi connectivity index (χ4v) is 4.06. The van der Waals surface area contributed by atoms with Crippen LogP contribution < -0.4 is 0 Å². The summed E-state index contributed by atoms with van der Waals surface area (Å²) in [6.07, 6.45) is 4.24. The lowest BCUT2D eigenvalue weighted by atomic mass is 9.72. The van der Waals surface area contributed by atoms with Crippen LogP contribution in [0.3, 0.4) is 0 Å². The lowest BCUT2D eigenvalue weighted by molar-refractivity contribution is -0.163. The average molecular weight is 387 g/mol. The Morgan fingerprint density at radius 2 is 1.57 bits per heavy atom. The van der Waals surface area contributed by atoms with Crippen molar-refractivity contribution in [2.45, 2.75) is 31.1 Å². The van der Waals surface area contributed by atoms with Crippen LogP contribution in [0.15, 0.2) is 36.5 Å². The second kappa shape index (κ2) is 7.96. The smallest absolute Gasteiger partial charge is 0.327 e. The Balaban J connectivity index is 2.10. The molecule has 0 spiro atoms. The minimum Gasteiger partial charge on any atom is -0.468 e. The topological polar surface area (TPSA) is 85.5 Å². The van der Waals surface area contributed by atoms with Crippen molar-refractivity contribution in [3.63, 3.8) is 0 Å². The molecular weight excluding hydrogens is 365 g/mol. The van der Waals surface area contributed by atoms with Crippen LogP contribution in [0.2, 0.25) is 0 Å². The number of aromatic amines is 1. The Labute approximate surface area is 162 Å². The van der Waals surface area contributed by atoms with Gasteiger partial charge < -0.3 is 14.5 Å². The van der Waals surface area contributed by atoms with Crippen LogP contribution in [-0.4, -0.2) is 36.9 Å². The van der Waals surface area contributed by atoms with Crippen molar-refractivity contribution in [2.24, 2.45) is 5.92 Å². The van der Waals surface area contributed by atoms with Crippen LogP contribution in [-0.2, 0) is 29.3 Å². The lowest BCUT2D eigenvalue weighted by Crippen LogP contribution is -2.45. The van der Waals surface area contributed by atoms with Crippen LogP contribution in [0, 0.1) is 11.7 Å². The largest absolute Gasteiger partial charge is 0.468 e. The second-order valence-corrected chi connectivity index (χ2v) is 6.91. The number of benzene rings is 1. The van der Waals surface area contributed by atoms with E-state index in [0.717, 1.165) is 38.2 Å². The first-order valence-electron chi connectivity index (χ1n) is 9.08. The van der Waals surface area contributed by atoms with E-state index in [1.165, 1.54) is 12.1 Å². The van der Waals surface area contributed by atoms with Gasteiger partial charge in [0.15, 0.2) is 5.78 Å². The number of carbonyl (C=O) groups is 3. The molecule has 1 aliphatic rings. The third-order valence-corrected chi connectivity index (χ3v) is 5.45. The summed E-state index contributed by atoms with van der Waals surface area (Å²) in [5, 5.41) is 0. The number of methoxy groups -OCH3 is 2. The van der Waals surface area contributed by atoms with Gasteiger partial charge in [0, 0.05) is 17.5 Å². The van der Waals surface area contributed by atoms with Crippen molar-refractivity contribution in [1.82, 2.24) is 4.98 Å². The zero-order valence-corrected chi connectivity index (χ0v) is 15.8. The highest BCUT2D eigenvalue weighted by atomic mass is 19.1. The number of ketones is 1. The van der Waals surface area contributed by atoms with Crippen molar-refractivity contribution >= 4 is 17.7 Å². The molecule has 0 saturated heterocycles. The van der Waals surface area contributed by atoms with Crippen molar-refractivity contribution in [3.05, 3.63) is 48.0 Å². The number of halogens is 1. The van der Waals surface area contributed by atoms with Crippen molar-refractivity contribution in [3.8, 4) is 11.1 Å². The molecule has 0 aliphatic heterocycles. The van der Waals surface area contributed by atoms with E-state index in [0.29, 0.717) is 18.5 Å². The van der Waals surface area contributed by atoms with Crippen molar-refractivity contribution in [2.75, 3.05) is 14.2 Å². The van der Waals surface area contributed by atoms with E-state index in [1.807, 2.05) is 0 Å². The summed E-state index contributed by atoms with van der Waals surface area (Å²) in [5.74, 6) is -4.40. The summed E-state index contributed by atoms with van der Waals surface area (Å²) < 4.78 is 22.7. The molecular formula is C21H22FNO5. The maximum absolute atomic E-state index is 13.5. The minimum atomic E-state index is -1.64. The molecule has 6 nitrogen and oxygen atoms in total. The van der Waals surface area contributed by atoms with Gasteiger partial charge in [-0.3, -0.25) is 14.4 Å². The molecule has 1 fully saturated rings. The molecule has 3 rings (SSSR count). The molecule has 0 atom stereocenters. The first-order chi connectivity index (χ1) is 13.4. The van der Waals surface area contributed by atoms with Crippen LogP contribution in [0.4, 0.5) is 4.39 Å². The summed E-state index contributed by atoms with van der Waals surface area (Å²) in [4.78, 5) is 41.1. The highest BCUT2D eigenvalue weighted by Gasteiger charge is 2.52. The zero-order valence-electron chi connectivity index (χ0n) is 15.8. The molecule has 28 heavy (non-hydrogen) atoms. The van der Waals surface area contributed by atoms with Gasteiger partial charge in [-0.15, -0.1) is 0 Å². The van der Waals surface area contributed by atoms with Gasteiger partial charge in [-0.25, -0.2) is 4.39 Å². The van der Waals surface area contributed by atoms with Crippen LogP contribution in [0.1, 0.15) is 31.4 Å². The summed E-state index contributed by atoms with van der Waals surface area (Å²) in [6.45, 7) is 0. The van der Waals surface area contributed by atoms with Crippen LogP contribution >= 0.6 is 0 Å². The first kappa shape index (κ1) is 19.8. The van der Waals surface area contributed by atoms with Crippen molar-refractivity contribution < 1.29 is 28.2 Å². The Morgan fingerprint density at radius 3 is 2.11 bits per heavy atom. The molecule has 1 aromatic heterocycles. The molecule has 0 unspecified atom stereocenters. The molecule has 1 aromatic carbocycles. The Bertz CT molecular complexity index is 864. The van der Waals surface area contributed by atoms with Gasteiger partial charge in [-0.1, -0.05) is 25.0 Å². The van der Waals surface area contributed by atoms with E-state index in [4.69, 9.17) is 9.47 Å². The molecule has 0 radical (unpaired) electrons. The molecule has 1 saturated carbocycles. The highest BCUT2D eigenvalue weighted by Crippen LogP contribution is 2.46. The number of ether oxygens (including phenoxy) is 2. The standard InChI is InChI=1S/C21H22FNO5/c1-27-19(25)16(20(26)28-2)18(24)21(10-3-4-11-21)17-15(9-12-23-17)13-5-7-14(22)8-6-13/h5-9,12,16,23H,3-4,10-11H2,1-2H3. The molecule has 0 bridgehead atoms. The predicted molar refractivity (Wildman–Crippen MR) is 98.9 cm³/mol. The van der Waals surface area contributed by atoms with Gasteiger partial charge in [0.2, 0.25) is 5.92 Å². The monoisotopic (exact) mass is 387 g/mol. The fourth-order valence-electron chi connectivity index (χ4n) is 4.06. The Morgan fingerprint density at radius 1 is 1.00 bits per heavy atom. The van der Waals surface area contributed by atoms with E-state index >= 15 is 0 Å². The maximum Gasteiger partial charge on any atom is 0.327 e. The highest BCUT2D eigenvalue weighted by molar-refractivity contribution is 6.18. The van der Waals surface area contributed by atoms with E-state index in [2.05, 4.69) is 4.98 Å². The van der Waals surface area contributed by atoms with Gasteiger partial charge in [0.05, 0.1) is 19.6 Å². The molecule has 7 heteroatoms. The van der Waals surface area contributed by atoms with Gasteiger partial charge in [0.1, 0.15) is 5.82 Å². The minimum absolute atomic E-state index is 0.357. The van der Waals surface area contributed by atoms with E-state index in [1.54, 1.807) is 24.4 Å². The summed E-state index contributed by atoms with van der Waals surface area (Å²) in [7, 11) is 2.26. The molecule has 0 amide bonds. The summed E-state index contributed by atoms with van der Waals surface area (Å²) >= 11 is 0. The number of esters is 2. The number of hydrogen-bond acceptors (Lipinski definition) is 5. The lowest BCUT2D eigenvalue weighted by Gasteiger charge is -2.30. The SMILES string of the molecule is COC(=O)C(C(=O)OC)C(=O)C1(c2[nH]ccc2-c2ccc(F)cc2)CCCC1. The predicted octanol–water partition coefficient (Wildman–Crippen LogP) is 3.16. The van der Waals surface area contributed by atoms with Gasteiger partial charge in [-0.05, 0) is 36.6 Å². The number of H-pyrrole nitrogens is 1. The number of Topliss-reactive ketones (excluding diaryl/α,β-unsaturated/α-hetero) is 1. The number of carbonyl (C=O) groups excluding carboxylic acids is 3. The van der Waals surface area contributed by atoms with Gasteiger partial charge in [-0.2, -0.15) is 0 Å². The number of nitrogens with one attached hydrogen (secondary N) is 1.